The van der Waals surface area contributed by atoms with E-state index >= 15 is 0 Å². The van der Waals surface area contributed by atoms with Crippen LogP contribution in [0.5, 0.6) is 5.75 Å². The number of carbonyl (C=O) groups is 2. The minimum absolute atomic E-state index is 0.0253. The van der Waals surface area contributed by atoms with Gasteiger partial charge in [0.25, 0.3) is 5.91 Å². The largest absolute Gasteiger partial charge is 0.491 e. The molecule has 1 fully saturated rings. The highest BCUT2D eigenvalue weighted by Gasteiger charge is 2.53. The van der Waals surface area contributed by atoms with Gasteiger partial charge in [0.15, 0.2) is 0 Å². The summed E-state index contributed by atoms with van der Waals surface area (Å²) in [6.45, 7) is 1.14. The van der Waals surface area contributed by atoms with Crippen LogP contribution < -0.4 is 9.46 Å². The van der Waals surface area contributed by atoms with Gasteiger partial charge in [0.2, 0.25) is 5.91 Å². The summed E-state index contributed by atoms with van der Waals surface area (Å²) in [5.74, 6) is -0.372. The van der Waals surface area contributed by atoms with Crippen LogP contribution in [0.2, 0.25) is 0 Å². The van der Waals surface area contributed by atoms with Crippen LogP contribution in [0, 0.1) is 6.92 Å². The Morgan fingerprint density at radius 3 is 2.44 bits per heavy atom. The molecule has 1 aromatic heterocycles. The highest BCUT2D eigenvalue weighted by Crippen LogP contribution is 2.50. The van der Waals surface area contributed by atoms with Crippen molar-refractivity contribution in [2.45, 2.75) is 44.6 Å². The Hall–Kier alpha value is -3.39. The number of hydrogen-bond donors (Lipinski definition) is 2. The third kappa shape index (κ3) is 8.17. The Labute approximate surface area is 255 Å². The molecule has 0 radical (unpaired) electrons. The number of benzene rings is 2. The van der Waals surface area contributed by atoms with Crippen molar-refractivity contribution in [1.82, 2.24) is 18.9 Å². The SMILES string of the molecule is Cc1sc(CN(CCCc2ccccc2)C(=O)C2(c3ccc(OCCF)cc3)CC2)nc1C(=O)NS(=O)(=O)N(C)CCO. The fraction of sp³-hybridized carbons (Fsp3) is 0.433. The first-order valence-electron chi connectivity index (χ1n) is 14.1. The molecule has 1 heterocycles. The van der Waals surface area contributed by atoms with Crippen molar-refractivity contribution in [3.8, 4) is 5.75 Å². The number of aryl methyl sites for hydroxylation is 2. The van der Waals surface area contributed by atoms with Crippen LogP contribution in [0.15, 0.2) is 54.6 Å². The normalized spacial score (nSPS) is 14.0. The number of aromatic nitrogens is 1. The van der Waals surface area contributed by atoms with Crippen molar-refractivity contribution in [2.75, 3.05) is 40.0 Å². The van der Waals surface area contributed by atoms with E-state index in [4.69, 9.17) is 9.84 Å². The second kappa shape index (κ2) is 14.4. The van der Waals surface area contributed by atoms with Gasteiger partial charge in [-0.2, -0.15) is 12.7 Å². The minimum atomic E-state index is -4.16. The van der Waals surface area contributed by atoms with Crippen LogP contribution in [-0.2, 0) is 33.4 Å². The molecule has 232 valence electrons. The average molecular weight is 633 g/mol. The van der Waals surface area contributed by atoms with Crippen molar-refractivity contribution < 1.29 is 32.2 Å². The Bertz CT molecular complexity index is 1490. The van der Waals surface area contributed by atoms with Gasteiger partial charge in [-0.25, -0.2) is 14.1 Å². The lowest BCUT2D eigenvalue weighted by Gasteiger charge is -2.27. The van der Waals surface area contributed by atoms with Gasteiger partial charge in [-0.15, -0.1) is 11.3 Å². The third-order valence-electron chi connectivity index (χ3n) is 7.36. The first-order valence-corrected chi connectivity index (χ1v) is 16.3. The third-order valence-corrected chi connectivity index (χ3v) is 9.77. The van der Waals surface area contributed by atoms with Gasteiger partial charge >= 0.3 is 10.2 Å². The molecule has 2 amide bonds. The zero-order chi connectivity index (χ0) is 31.0. The second-order valence-electron chi connectivity index (χ2n) is 10.5. The number of thiazole rings is 1. The smallest absolute Gasteiger partial charge is 0.303 e. The highest BCUT2D eigenvalue weighted by molar-refractivity contribution is 7.87. The van der Waals surface area contributed by atoms with E-state index in [1.165, 1.54) is 18.4 Å². The molecule has 3 aromatic rings. The van der Waals surface area contributed by atoms with E-state index in [-0.39, 0.29) is 31.3 Å². The molecular formula is C30H37FN4O6S2. The Morgan fingerprint density at radius 2 is 1.81 bits per heavy atom. The molecule has 2 aromatic carbocycles. The fourth-order valence-corrected chi connectivity index (χ4v) is 6.60. The maximum atomic E-state index is 14.1. The lowest BCUT2D eigenvalue weighted by atomic mass is 9.94. The lowest BCUT2D eigenvalue weighted by Crippen LogP contribution is -2.42. The molecule has 1 aliphatic rings. The molecule has 0 aliphatic heterocycles. The average Bonchev–Trinajstić information content (AvgIpc) is 3.72. The molecule has 43 heavy (non-hydrogen) atoms. The summed E-state index contributed by atoms with van der Waals surface area (Å²) in [6, 6.07) is 17.2. The molecule has 10 nitrogen and oxygen atoms in total. The van der Waals surface area contributed by atoms with Crippen LogP contribution in [0.3, 0.4) is 0 Å². The van der Waals surface area contributed by atoms with E-state index in [9.17, 15) is 22.4 Å². The van der Waals surface area contributed by atoms with E-state index < -0.39 is 34.8 Å². The Morgan fingerprint density at radius 1 is 1.12 bits per heavy atom. The molecule has 0 saturated heterocycles. The van der Waals surface area contributed by atoms with E-state index in [2.05, 4.69) is 4.98 Å². The van der Waals surface area contributed by atoms with E-state index in [0.717, 1.165) is 28.3 Å². The Balaban J connectivity index is 1.53. The van der Waals surface area contributed by atoms with E-state index in [1.807, 2.05) is 47.2 Å². The topological polar surface area (TPSA) is 129 Å². The molecule has 1 saturated carbocycles. The molecule has 0 atom stereocenters. The summed E-state index contributed by atoms with van der Waals surface area (Å²) < 4.78 is 45.6. The Kier molecular flexibility index (Phi) is 10.9. The fourth-order valence-electron chi connectivity index (χ4n) is 4.85. The first kappa shape index (κ1) is 32.5. The first-order chi connectivity index (χ1) is 20.6. The van der Waals surface area contributed by atoms with Crippen LogP contribution in [0.4, 0.5) is 4.39 Å². The number of aliphatic hydroxyl groups excluding tert-OH is 1. The number of aliphatic hydroxyl groups is 1. The zero-order valence-corrected chi connectivity index (χ0v) is 25.9. The summed E-state index contributed by atoms with van der Waals surface area (Å²) in [6.07, 6.45) is 2.88. The van der Waals surface area contributed by atoms with Gasteiger partial charge < -0.3 is 14.7 Å². The van der Waals surface area contributed by atoms with Crippen molar-refractivity contribution in [3.05, 3.63) is 81.3 Å². The molecule has 0 spiro atoms. The van der Waals surface area contributed by atoms with Crippen molar-refractivity contribution >= 4 is 33.4 Å². The lowest BCUT2D eigenvalue weighted by molar-refractivity contribution is -0.134. The monoisotopic (exact) mass is 632 g/mol. The number of amides is 2. The van der Waals surface area contributed by atoms with Crippen molar-refractivity contribution in [3.63, 3.8) is 0 Å². The van der Waals surface area contributed by atoms with Gasteiger partial charge in [-0.1, -0.05) is 42.5 Å². The molecule has 2 N–H and O–H groups in total. The summed E-state index contributed by atoms with van der Waals surface area (Å²) >= 11 is 1.24. The van der Waals surface area contributed by atoms with Crippen molar-refractivity contribution in [1.29, 1.82) is 0 Å². The molecule has 4 rings (SSSR count). The number of ether oxygens (including phenoxy) is 1. The van der Waals surface area contributed by atoms with E-state index in [1.54, 1.807) is 24.0 Å². The number of nitrogens with zero attached hydrogens (tertiary/aromatic N) is 3. The van der Waals surface area contributed by atoms with Gasteiger partial charge in [0.05, 0.1) is 18.6 Å². The van der Waals surface area contributed by atoms with E-state index in [0.29, 0.717) is 35.0 Å². The van der Waals surface area contributed by atoms with Crippen LogP contribution in [0.25, 0.3) is 0 Å². The maximum Gasteiger partial charge on any atom is 0.303 e. The molecular weight excluding hydrogens is 595 g/mol. The summed E-state index contributed by atoms with van der Waals surface area (Å²) in [7, 11) is -2.90. The summed E-state index contributed by atoms with van der Waals surface area (Å²) in [5.41, 5.74) is 1.33. The standard InChI is InChI=1S/C30H37FN4O6S2/c1-22-27(28(37)33-43(39,40)34(2)18-19-36)32-26(42-22)21-35(17-6-9-23-7-4-3-5-8-23)29(38)30(14-15-30)24-10-12-25(13-11-24)41-20-16-31/h3-5,7-8,10-13,36H,6,9,14-21H2,1-2H3,(H,33,37). The van der Waals surface area contributed by atoms with Crippen molar-refractivity contribution in [2.24, 2.45) is 0 Å². The van der Waals surface area contributed by atoms with Gasteiger partial charge in [-0.05, 0) is 55.9 Å². The van der Waals surface area contributed by atoms with Crippen LogP contribution in [-0.4, -0.2) is 79.6 Å². The number of carbonyl (C=O) groups excluding carboxylic acids is 2. The predicted molar refractivity (Wildman–Crippen MR) is 162 cm³/mol. The summed E-state index contributed by atoms with van der Waals surface area (Å²) in [4.78, 5) is 33.7. The minimum Gasteiger partial charge on any atom is -0.491 e. The number of alkyl halides is 1. The molecule has 13 heteroatoms. The zero-order valence-electron chi connectivity index (χ0n) is 24.3. The number of likely N-dealkylation sites (N-methyl/N-ethyl adjacent to an activating group) is 1. The molecule has 1 aliphatic carbocycles. The maximum absolute atomic E-state index is 14.1. The van der Waals surface area contributed by atoms with Gasteiger partial charge in [0.1, 0.15) is 29.7 Å². The summed E-state index contributed by atoms with van der Waals surface area (Å²) in [5, 5.41) is 9.57. The molecule has 0 unspecified atom stereocenters. The highest BCUT2D eigenvalue weighted by atomic mass is 32.2. The number of nitrogens with one attached hydrogen (secondary N) is 1. The van der Waals surface area contributed by atoms with Crippen LogP contribution >= 0.6 is 11.3 Å². The quantitative estimate of drug-likeness (QED) is 0.248. The molecule has 0 bridgehead atoms. The number of halogens is 1. The number of rotatable bonds is 16. The predicted octanol–water partition coefficient (Wildman–Crippen LogP) is 3.39. The van der Waals surface area contributed by atoms with Crippen LogP contribution in [0.1, 0.15) is 50.8 Å². The second-order valence-corrected chi connectivity index (χ2v) is 13.5. The number of hydrogen-bond acceptors (Lipinski definition) is 8. The van der Waals surface area contributed by atoms with Gasteiger partial charge in [-0.3, -0.25) is 9.59 Å². The van der Waals surface area contributed by atoms with Gasteiger partial charge in [0, 0.05) is 25.0 Å².